The van der Waals surface area contributed by atoms with Crippen molar-refractivity contribution in [2.24, 2.45) is 0 Å². The van der Waals surface area contributed by atoms with Crippen molar-refractivity contribution in [1.29, 1.82) is 0 Å². The second-order valence-electron chi connectivity index (χ2n) is 7.46. The number of nitrogens with one attached hydrogen (secondary N) is 1. The molecule has 1 unspecified atom stereocenters. The minimum absolute atomic E-state index is 0.0569. The summed E-state index contributed by atoms with van der Waals surface area (Å²) < 4.78 is 0. The number of urea groups is 1. The Morgan fingerprint density at radius 3 is 2.59 bits per heavy atom. The van der Waals surface area contributed by atoms with E-state index in [0.29, 0.717) is 32.0 Å². The van der Waals surface area contributed by atoms with E-state index in [4.69, 9.17) is 0 Å². The smallest absolute Gasteiger partial charge is 0.322 e. The topological polar surface area (TPSA) is 52.7 Å². The molecule has 5 nitrogen and oxygen atoms in total. The molecule has 1 atom stereocenters. The number of amides is 3. The number of para-hydroxylation sites is 1. The summed E-state index contributed by atoms with van der Waals surface area (Å²) in [6, 6.07) is 16.2. The van der Waals surface area contributed by atoms with Crippen LogP contribution in [-0.2, 0) is 17.9 Å². The minimum atomic E-state index is -0.0569. The highest BCUT2D eigenvalue weighted by atomic mass is 16.2. The molecule has 1 N–H and O–H groups in total. The molecular weight excluding hydrogens is 338 g/mol. The van der Waals surface area contributed by atoms with Crippen LogP contribution in [0.15, 0.2) is 48.5 Å². The maximum Gasteiger partial charge on any atom is 0.322 e. The van der Waals surface area contributed by atoms with Crippen LogP contribution in [0, 0.1) is 0 Å². The third-order valence-electron chi connectivity index (χ3n) is 5.47. The van der Waals surface area contributed by atoms with Gasteiger partial charge in [0.1, 0.15) is 0 Å². The number of fused-ring (bicyclic) bond motifs is 1. The van der Waals surface area contributed by atoms with Crippen LogP contribution in [0.25, 0.3) is 0 Å². The first-order valence-electron chi connectivity index (χ1n) is 9.61. The van der Waals surface area contributed by atoms with Crippen LogP contribution in [0.4, 0.5) is 10.5 Å². The second-order valence-corrected chi connectivity index (χ2v) is 7.46. The lowest BCUT2D eigenvalue weighted by Gasteiger charge is -2.19. The molecule has 0 aromatic heterocycles. The van der Waals surface area contributed by atoms with Crippen molar-refractivity contribution in [1.82, 2.24) is 10.2 Å². The maximum absolute atomic E-state index is 12.6. The van der Waals surface area contributed by atoms with Crippen molar-refractivity contribution in [3.05, 3.63) is 65.2 Å². The van der Waals surface area contributed by atoms with Gasteiger partial charge in [0.05, 0.1) is 0 Å². The number of anilines is 1. The van der Waals surface area contributed by atoms with Crippen LogP contribution in [0.2, 0.25) is 0 Å². The van der Waals surface area contributed by atoms with Crippen molar-refractivity contribution in [3.8, 4) is 0 Å². The highest BCUT2D eigenvalue weighted by molar-refractivity contribution is 5.94. The van der Waals surface area contributed by atoms with Gasteiger partial charge in [0, 0.05) is 44.2 Å². The maximum atomic E-state index is 12.6. The molecule has 140 valence electrons. The van der Waals surface area contributed by atoms with Crippen molar-refractivity contribution in [3.63, 3.8) is 0 Å². The summed E-state index contributed by atoms with van der Waals surface area (Å²) in [7, 11) is 0. The molecule has 0 bridgehead atoms. The molecule has 2 heterocycles. The molecule has 4 rings (SSSR count). The Morgan fingerprint density at radius 1 is 1.11 bits per heavy atom. The molecule has 2 aliphatic rings. The van der Waals surface area contributed by atoms with Crippen LogP contribution in [-0.4, -0.2) is 29.9 Å². The zero-order valence-electron chi connectivity index (χ0n) is 15.6. The second kappa shape index (κ2) is 7.43. The van der Waals surface area contributed by atoms with E-state index >= 15 is 0 Å². The quantitative estimate of drug-likeness (QED) is 0.902. The van der Waals surface area contributed by atoms with Gasteiger partial charge in [-0.25, -0.2) is 4.79 Å². The van der Waals surface area contributed by atoms with Gasteiger partial charge in [-0.05, 0) is 29.2 Å². The first-order valence-corrected chi connectivity index (χ1v) is 9.61. The Hall–Kier alpha value is -2.82. The zero-order valence-corrected chi connectivity index (χ0v) is 15.6. The number of rotatable bonds is 4. The number of likely N-dealkylation sites (tertiary alicyclic amines) is 1. The third-order valence-corrected chi connectivity index (χ3v) is 5.47. The van der Waals surface area contributed by atoms with Gasteiger partial charge in [-0.1, -0.05) is 49.4 Å². The predicted molar refractivity (Wildman–Crippen MR) is 106 cm³/mol. The lowest BCUT2D eigenvalue weighted by Crippen LogP contribution is -2.38. The highest BCUT2D eigenvalue weighted by Crippen LogP contribution is 2.35. The van der Waals surface area contributed by atoms with Gasteiger partial charge >= 0.3 is 6.03 Å². The Bertz CT molecular complexity index is 847. The van der Waals surface area contributed by atoms with Gasteiger partial charge in [-0.15, -0.1) is 0 Å². The van der Waals surface area contributed by atoms with Crippen LogP contribution >= 0.6 is 0 Å². The van der Waals surface area contributed by atoms with Crippen molar-refractivity contribution >= 4 is 17.6 Å². The summed E-state index contributed by atoms with van der Waals surface area (Å²) in [5, 5.41) is 3.02. The summed E-state index contributed by atoms with van der Waals surface area (Å²) in [5.41, 5.74) is 4.42. The number of hydrogen-bond donors (Lipinski definition) is 1. The Balaban J connectivity index is 1.34. The van der Waals surface area contributed by atoms with Gasteiger partial charge in [-0.2, -0.15) is 0 Å². The summed E-state index contributed by atoms with van der Waals surface area (Å²) >= 11 is 0. The first-order chi connectivity index (χ1) is 13.1. The molecule has 0 radical (unpaired) electrons. The van der Waals surface area contributed by atoms with Gasteiger partial charge in [0.2, 0.25) is 5.91 Å². The molecule has 5 heteroatoms. The van der Waals surface area contributed by atoms with E-state index in [9.17, 15) is 9.59 Å². The van der Waals surface area contributed by atoms with Crippen LogP contribution in [0.1, 0.15) is 42.4 Å². The summed E-state index contributed by atoms with van der Waals surface area (Å²) in [5.74, 6) is 0.603. The van der Waals surface area contributed by atoms with Crippen LogP contribution < -0.4 is 10.2 Å². The lowest BCUT2D eigenvalue weighted by atomic mass is 10.0. The summed E-state index contributed by atoms with van der Waals surface area (Å²) in [6.45, 7) is 4.89. The van der Waals surface area contributed by atoms with Crippen molar-refractivity contribution in [2.45, 2.75) is 38.8 Å². The molecule has 2 aliphatic heterocycles. The van der Waals surface area contributed by atoms with Gasteiger partial charge < -0.3 is 10.2 Å². The third kappa shape index (κ3) is 3.68. The average molecular weight is 363 g/mol. The van der Waals surface area contributed by atoms with E-state index in [0.717, 1.165) is 29.8 Å². The molecule has 1 saturated heterocycles. The molecule has 2 aromatic carbocycles. The monoisotopic (exact) mass is 363 g/mol. The van der Waals surface area contributed by atoms with E-state index in [1.807, 2.05) is 52.3 Å². The predicted octanol–water partition coefficient (Wildman–Crippen LogP) is 3.64. The van der Waals surface area contributed by atoms with E-state index in [-0.39, 0.29) is 11.9 Å². The average Bonchev–Trinajstić information content (AvgIpc) is 3.24. The van der Waals surface area contributed by atoms with E-state index in [1.54, 1.807) is 0 Å². The molecule has 0 aliphatic carbocycles. The number of benzene rings is 2. The van der Waals surface area contributed by atoms with Gasteiger partial charge in [0.25, 0.3) is 0 Å². The Kier molecular flexibility index (Phi) is 4.84. The molecule has 1 fully saturated rings. The molecular formula is C22H25N3O2. The standard InChI is InChI=1S/C22H25N3O2/c1-16-14-25(20-6-3-2-5-19(16)20)22(27)23-13-17-8-10-18(11-9-17)15-24-12-4-7-21(24)26/h2-3,5-6,8-11,16H,4,7,12-15H2,1H3,(H,23,27). The van der Waals surface area contributed by atoms with Crippen LogP contribution in [0.3, 0.4) is 0 Å². The number of hydrogen-bond acceptors (Lipinski definition) is 2. The van der Waals surface area contributed by atoms with E-state index in [2.05, 4.69) is 18.3 Å². The number of carbonyl (C=O) groups is 2. The summed E-state index contributed by atoms with van der Waals surface area (Å²) in [6.07, 6.45) is 1.63. The molecule has 0 spiro atoms. The fourth-order valence-corrected chi connectivity index (χ4v) is 3.94. The molecule has 0 saturated carbocycles. The normalized spacial score (nSPS) is 18.7. The Morgan fingerprint density at radius 2 is 1.85 bits per heavy atom. The minimum Gasteiger partial charge on any atom is -0.338 e. The van der Waals surface area contributed by atoms with Crippen molar-refractivity contribution in [2.75, 3.05) is 18.0 Å². The summed E-state index contributed by atoms with van der Waals surface area (Å²) in [4.78, 5) is 28.1. The molecule has 27 heavy (non-hydrogen) atoms. The van der Waals surface area contributed by atoms with Gasteiger partial charge in [-0.3, -0.25) is 9.69 Å². The highest BCUT2D eigenvalue weighted by Gasteiger charge is 2.29. The first kappa shape index (κ1) is 17.6. The molecule has 3 amide bonds. The SMILES string of the molecule is CC1CN(C(=O)NCc2ccc(CN3CCCC3=O)cc2)c2ccccc21. The Labute approximate surface area is 160 Å². The number of carbonyl (C=O) groups excluding carboxylic acids is 2. The number of nitrogens with zero attached hydrogens (tertiary/aromatic N) is 2. The fourth-order valence-electron chi connectivity index (χ4n) is 3.94. The van der Waals surface area contributed by atoms with Crippen LogP contribution in [0.5, 0.6) is 0 Å². The van der Waals surface area contributed by atoms with E-state index in [1.165, 1.54) is 5.56 Å². The molecule has 2 aromatic rings. The van der Waals surface area contributed by atoms with Crippen molar-refractivity contribution < 1.29 is 9.59 Å². The van der Waals surface area contributed by atoms with Gasteiger partial charge in [0.15, 0.2) is 0 Å². The largest absolute Gasteiger partial charge is 0.338 e. The lowest BCUT2D eigenvalue weighted by molar-refractivity contribution is -0.128. The zero-order chi connectivity index (χ0) is 18.8. The fraction of sp³-hybridized carbons (Fsp3) is 0.364. The van der Waals surface area contributed by atoms with E-state index < -0.39 is 0 Å².